The summed E-state index contributed by atoms with van der Waals surface area (Å²) in [6.45, 7) is 1.85. The summed E-state index contributed by atoms with van der Waals surface area (Å²) in [5, 5.41) is 6.04. The minimum atomic E-state index is -0.282. The van der Waals surface area contributed by atoms with Gasteiger partial charge in [0.2, 0.25) is 0 Å². The Kier molecular flexibility index (Phi) is 4.94. The van der Waals surface area contributed by atoms with Crippen LogP contribution in [0.4, 0.5) is 10.8 Å². The van der Waals surface area contributed by atoms with Crippen molar-refractivity contribution in [3.63, 3.8) is 0 Å². The molecule has 1 aliphatic heterocycles. The van der Waals surface area contributed by atoms with E-state index in [9.17, 15) is 9.59 Å². The van der Waals surface area contributed by atoms with Crippen LogP contribution < -0.4 is 20.1 Å². The zero-order chi connectivity index (χ0) is 19.5. The molecule has 0 saturated carbocycles. The van der Waals surface area contributed by atoms with E-state index in [-0.39, 0.29) is 25.0 Å². The summed E-state index contributed by atoms with van der Waals surface area (Å²) in [6, 6.07) is 14.6. The van der Waals surface area contributed by atoms with Gasteiger partial charge in [-0.1, -0.05) is 18.2 Å². The van der Waals surface area contributed by atoms with Crippen molar-refractivity contribution in [2.45, 2.75) is 6.92 Å². The van der Waals surface area contributed by atoms with Gasteiger partial charge >= 0.3 is 0 Å². The largest absolute Gasteiger partial charge is 0.484 e. The summed E-state index contributed by atoms with van der Waals surface area (Å²) in [4.78, 5) is 29.1. The van der Waals surface area contributed by atoms with Crippen LogP contribution in [0, 0.1) is 6.92 Å². The second kappa shape index (κ2) is 7.69. The van der Waals surface area contributed by atoms with Crippen molar-refractivity contribution in [1.82, 2.24) is 4.98 Å². The van der Waals surface area contributed by atoms with Gasteiger partial charge in [0.05, 0.1) is 11.4 Å². The van der Waals surface area contributed by atoms with Gasteiger partial charge in [-0.3, -0.25) is 14.9 Å². The molecule has 3 aromatic rings. The van der Waals surface area contributed by atoms with Gasteiger partial charge in [-0.05, 0) is 37.3 Å². The van der Waals surface area contributed by atoms with Gasteiger partial charge in [0.1, 0.15) is 11.5 Å². The summed E-state index contributed by atoms with van der Waals surface area (Å²) in [7, 11) is 0. The second-order valence-electron chi connectivity index (χ2n) is 6.12. The standard InChI is InChI=1S/C20H17N3O4S/c1-12-19(13-7-8-16-15(9-13)21-17(24)11-27-16)23-20(28-12)22-18(25)10-26-14-5-3-2-4-6-14/h2-9H,10-11H2,1H3,(H,21,24)(H,22,23,25). The van der Waals surface area contributed by atoms with Crippen LogP contribution in [-0.4, -0.2) is 30.0 Å². The molecule has 1 aliphatic rings. The SMILES string of the molecule is Cc1sc(NC(=O)COc2ccccc2)nc1-c1ccc2c(c1)NC(=O)CO2. The molecule has 0 radical (unpaired) electrons. The maximum Gasteiger partial charge on any atom is 0.264 e. The van der Waals surface area contributed by atoms with Gasteiger partial charge in [0.15, 0.2) is 18.3 Å². The number of thiazole rings is 1. The van der Waals surface area contributed by atoms with Crippen molar-refractivity contribution in [3.8, 4) is 22.8 Å². The van der Waals surface area contributed by atoms with E-state index in [4.69, 9.17) is 9.47 Å². The Balaban J connectivity index is 1.46. The summed E-state index contributed by atoms with van der Waals surface area (Å²) in [6.07, 6.45) is 0. The number of aryl methyl sites for hydroxylation is 1. The van der Waals surface area contributed by atoms with Crippen molar-refractivity contribution in [1.29, 1.82) is 0 Å². The molecule has 142 valence electrons. The normalized spacial score (nSPS) is 12.5. The second-order valence-corrected chi connectivity index (χ2v) is 7.32. The highest BCUT2D eigenvalue weighted by molar-refractivity contribution is 7.16. The quantitative estimate of drug-likeness (QED) is 0.691. The Hall–Kier alpha value is -3.39. The van der Waals surface area contributed by atoms with E-state index in [1.807, 2.05) is 37.3 Å². The molecule has 2 heterocycles. The van der Waals surface area contributed by atoms with Gasteiger partial charge in [0.25, 0.3) is 11.8 Å². The Morgan fingerprint density at radius 1 is 1.29 bits per heavy atom. The predicted molar refractivity (Wildman–Crippen MR) is 107 cm³/mol. The number of rotatable bonds is 5. The van der Waals surface area contributed by atoms with Crippen LogP contribution in [0.15, 0.2) is 48.5 Å². The molecule has 7 nitrogen and oxygen atoms in total. The Labute approximate surface area is 165 Å². The van der Waals surface area contributed by atoms with Crippen LogP contribution in [0.2, 0.25) is 0 Å². The number of para-hydroxylation sites is 1. The lowest BCUT2D eigenvalue weighted by atomic mass is 10.1. The number of carbonyl (C=O) groups is 2. The summed E-state index contributed by atoms with van der Waals surface area (Å²) in [5.41, 5.74) is 2.19. The van der Waals surface area contributed by atoms with Crippen molar-refractivity contribution >= 4 is 34.0 Å². The van der Waals surface area contributed by atoms with Crippen LogP contribution in [0.25, 0.3) is 11.3 Å². The minimum absolute atomic E-state index is 0.0172. The van der Waals surface area contributed by atoms with Crippen LogP contribution in [0.1, 0.15) is 4.88 Å². The molecule has 2 amide bonds. The molecule has 0 fully saturated rings. The zero-order valence-electron chi connectivity index (χ0n) is 15.0. The molecule has 28 heavy (non-hydrogen) atoms. The molecule has 0 spiro atoms. The van der Waals surface area contributed by atoms with E-state index in [2.05, 4.69) is 15.6 Å². The van der Waals surface area contributed by atoms with E-state index in [1.54, 1.807) is 18.2 Å². The molecule has 0 unspecified atom stereocenters. The van der Waals surface area contributed by atoms with Gasteiger partial charge < -0.3 is 14.8 Å². The highest BCUT2D eigenvalue weighted by Crippen LogP contribution is 2.36. The number of nitrogens with one attached hydrogen (secondary N) is 2. The number of ether oxygens (including phenoxy) is 2. The van der Waals surface area contributed by atoms with Gasteiger partial charge in [0, 0.05) is 10.4 Å². The lowest BCUT2D eigenvalue weighted by molar-refractivity contribution is -0.119. The molecule has 1 aromatic heterocycles. The van der Waals surface area contributed by atoms with Gasteiger partial charge in [-0.2, -0.15) is 0 Å². The summed E-state index contributed by atoms with van der Waals surface area (Å²) < 4.78 is 10.8. The molecule has 4 rings (SSSR count). The number of amides is 2. The topological polar surface area (TPSA) is 89.5 Å². The van der Waals surface area contributed by atoms with Crippen LogP contribution in [0.3, 0.4) is 0 Å². The summed E-state index contributed by atoms with van der Waals surface area (Å²) >= 11 is 1.38. The van der Waals surface area contributed by atoms with Gasteiger partial charge in [-0.25, -0.2) is 4.98 Å². The molecule has 8 heteroatoms. The minimum Gasteiger partial charge on any atom is -0.484 e. The van der Waals surface area contributed by atoms with E-state index in [0.29, 0.717) is 22.3 Å². The first-order valence-corrected chi connectivity index (χ1v) is 9.42. The maximum absolute atomic E-state index is 12.1. The number of hydrogen-bond donors (Lipinski definition) is 2. The van der Waals surface area contributed by atoms with Crippen LogP contribution >= 0.6 is 11.3 Å². The van der Waals surface area contributed by atoms with E-state index in [0.717, 1.165) is 16.1 Å². The molecule has 2 aromatic carbocycles. The lowest BCUT2D eigenvalue weighted by Gasteiger charge is -2.18. The van der Waals surface area contributed by atoms with Crippen molar-refractivity contribution in [2.75, 3.05) is 23.8 Å². The van der Waals surface area contributed by atoms with Crippen LogP contribution in [-0.2, 0) is 9.59 Å². The average Bonchev–Trinajstić information content (AvgIpc) is 3.06. The first-order valence-electron chi connectivity index (χ1n) is 8.61. The molecule has 0 saturated heterocycles. The van der Waals surface area contributed by atoms with E-state index >= 15 is 0 Å². The van der Waals surface area contributed by atoms with Gasteiger partial charge in [-0.15, -0.1) is 11.3 Å². The van der Waals surface area contributed by atoms with E-state index < -0.39 is 0 Å². The predicted octanol–water partition coefficient (Wildman–Crippen LogP) is 3.47. The summed E-state index contributed by atoms with van der Waals surface area (Å²) in [5.74, 6) is 0.788. The number of carbonyl (C=O) groups excluding carboxylic acids is 2. The Bertz CT molecular complexity index is 1030. The van der Waals surface area contributed by atoms with Crippen molar-refractivity contribution in [2.24, 2.45) is 0 Å². The number of aromatic nitrogens is 1. The third kappa shape index (κ3) is 3.96. The number of fused-ring (bicyclic) bond motifs is 1. The Morgan fingerprint density at radius 2 is 2.11 bits per heavy atom. The molecule has 0 aliphatic carbocycles. The maximum atomic E-state index is 12.1. The number of anilines is 2. The van der Waals surface area contributed by atoms with Crippen molar-refractivity contribution < 1.29 is 19.1 Å². The average molecular weight is 395 g/mol. The fourth-order valence-corrected chi connectivity index (χ4v) is 3.62. The lowest BCUT2D eigenvalue weighted by Crippen LogP contribution is -2.25. The fraction of sp³-hybridized carbons (Fsp3) is 0.150. The molecule has 2 N–H and O–H groups in total. The number of nitrogens with zero attached hydrogens (tertiary/aromatic N) is 1. The third-order valence-electron chi connectivity index (χ3n) is 4.04. The molecule has 0 bridgehead atoms. The number of hydrogen-bond acceptors (Lipinski definition) is 6. The Morgan fingerprint density at radius 3 is 2.93 bits per heavy atom. The number of benzene rings is 2. The van der Waals surface area contributed by atoms with Crippen molar-refractivity contribution in [3.05, 3.63) is 53.4 Å². The fourth-order valence-electron chi connectivity index (χ4n) is 2.77. The first-order chi connectivity index (χ1) is 13.6. The van der Waals surface area contributed by atoms with Crippen LogP contribution in [0.5, 0.6) is 11.5 Å². The molecular formula is C20H17N3O4S. The smallest absolute Gasteiger partial charge is 0.264 e. The highest BCUT2D eigenvalue weighted by Gasteiger charge is 2.18. The first kappa shape index (κ1) is 18.0. The zero-order valence-corrected chi connectivity index (χ0v) is 15.8. The molecule has 0 atom stereocenters. The third-order valence-corrected chi connectivity index (χ3v) is 4.93. The van der Waals surface area contributed by atoms with E-state index in [1.165, 1.54) is 11.3 Å². The highest BCUT2D eigenvalue weighted by atomic mass is 32.1. The monoisotopic (exact) mass is 395 g/mol. The molecular weight excluding hydrogens is 378 g/mol.